The third-order valence-corrected chi connectivity index (χ3v) is 5.16. The van der Waals surface area contributed by atoms with Gasteiger partial charge >= 0.3 is 5.97 Å². The van der Waals surface area contributed by atoms with E-state index in [2.05, 4.69) is 10.4 Å². The van der Waals surface area contributed by atoms with E-state index in [-0.39, 0.29) is 12.0 Å². The first-order chi connectivity index (χ1) is 14.0. The molecule has 7 heteroatoms. The standard InChI is InChI=1S/C22H24ClN3O3/c1-24-12-4-5-17(14-21(27)28)26-22(29)19-7-3-2-6-18(19)20(25-26)13-15-8-10-16(23)11-9-15/h2-3,6-11,17,24H,4-5,12-14H2,1H3,(H,27,28). The van der Waals surface area contributed by atoms with E-state index in [0.29, 0.717) is 23.3 Å². The minimum Gasteiger partial charge on any atom is -0.481 e. The predicted molar refractivity (Wildman–Crippen MR) is 115 cm³/mol. The van der Waals surface area contributed by atoms with Gasteiger partial charge in [0.25, 0.3) is 5.56 Å². The number of carbonyl (C=O) groups is 1. The lowest BCUT2D eigenvalue weighted by Gasteiger charge is -2.19. The molecule has 0 saturated heterocycles. The van der Waals surface area contributed by atoms with Crippen molar-refractivity contribution in [1.29, 1.82) is 0 Å². The van der Waals surface area contributed by atoms with Crippen LogP contribution in [0.2, 0.25) is 5.02 Å². The van der Waals surface area contributed by atoms with Crippen molar-refractivity contribution in [2.75, 3.05) is 13.6 Å². The molecule has 3 rings (SSSR count). The molecule has 1 atom stereocenters. The lowest BCUT2D eigenvalue weighted by molar-refractivity contribution is -0.138. The van der Waals surface area contributed by atoms with Crippen molar-refractivity contribution in [3.63, 3.8) is 0 Å². The van der Waals surface area contributed by atoms with Gasteiger partial charge in [-0.25, -0.2) is 4.68 Å². The molecule has 6 nitrogen and oxygen atoms in total. The van der Waals surface area contributed by atoms with E-state index in [1.807, 2.05) is 49.5 Å². The zero-order valence-electron chi connectivity index (χ0n) is 16.3. The highest BCUT2D eigenvalue weighted by Gasteiger charge is 2.20. The Morgan fingerprint density at radius 2 is 1.86 bits per heavy atom. The van der Waals surface area contributed by atoms with E-state index in [9.17, 15) is 14.7 Å². The number of hydrogen-bond donors (Lipinski definition) is 2. The van der Waals surface area contributed by atoms with Gasteiger partial charge in [-0.3, -0.25) is 9.59 Å². The molecule has 0 amide bonds. The van der Waals surface area contributed by atoms with Gasteiger partial charge in [-0.1, -0.05) is 41.9 Å². The van der Waals surface area contributed by atoms with E-state index in [1.165, 1.54) is 4.68 Å². The van der Waals surface area contributed by atoms with Crippen LogP contribution in [0.3, 0.4) is 0 Å². The minimum atomic E-state index is -0.944. The summed E-state index contributed by atoms with van der Waals surface area (Å²) in [5.41, 5.74) is 1.50. The number of hydrogen-bond acceptors (Lipinski definition) is 4. The van der Waals surface area contributed by atoms with Crippen LogP contribution >= 0.6 is 11.6 Å². The van der Waals surface area contributed by atoms with Crippen LogP contribution in [0, 0.1) is 0 Å². The second-order valence-corrected chi connectivity index (χ2v) is 7.48. The van der Waals surface area contributed by atoms with Gasteiger partial charge in [-0.05, 0) is 50.2 Å². The summed E-state index contributed by atoms with van der Waals surface area (Å²) in [4.78, 5) is 24.5. The van der Waals surface area contributed by atoms with Gasteiger partial charge in [0.2, 0.25) is 0 Å². The van der Waals surface area contributed by atoms with E-state index in [0.717, 1.165) is 29.6 Å². The lowest BCUT2D eigenvalue weighted by Crippen LogP contribution is -2.30. The largest absolute Gasteiger partial charge is 0.481 e. The van der Waals surface area contributed by atoms with Crippen molar-refractivity contribution < 1.29 is 9.90 Å². The summed E-state index contributed by atoms with van der Waals surface area (Å²) in [7, 11) is 1.84. The topological polar surface area (TPSA) is 84.2 Å². The Kier molecular flexibility index (Phi) is 7.01. The fraction of sp³-hybridized carbons (Fsp3) is 0.318. The van der Waals surface area contributed by atoms with Gasteiger partial charge in [-0.2, -0.15) is 5.10 Å². The number of benzene rings is 2. The molecule has 1 unspecified atom stereocenters. The van der Waals surface area contributed by atoms with Crippen LogP contribution in [-0.2, 0) is 11.2 Å². The number of aromatic nitrogens is 2. The van der Waals surface area contributed by atoms with E-state index < -0.39 is 12.0 Å². The molecule has 0 fully saturated rings. The summed E-state index contributed by atoms with van der Waals surface area (Å²) < 4.78 is 1.37. The monoisotopic (exact) mass is 413 g/mol. The smallest absolute Gasteiger partial charge is 0.305 e. The van der Waals surface area contributed by atoms with Crippen LogP contribution in [0.5, 0.6) is 0 Å². The van der Waals surface area contributed by atoms with E-state index in [4.69, 9.17) is 11.6 Å². The zero-order valence-corrected chi connectivity index (χ0v) is 17.0. The fourth-order valence-electron chi connectivity index (χ4n) is 3.47. The van der Waals surface area contributed by atoms with Gasteiger partial charge in [-0.15, -0.1) is 0 Å². The van der Waals surface area contributed by atoms with Gasteiger partial charge in [0.1, 0.15) is 0 Å². The number of rotatable bonds is 9. The SMILES string of the molecule is CNCCCC(CC(=O)O)n1nc(Cc2ccc(Cl)cc2)c2ccccc2c1=O. The number of halogens is 1. The molecule has 0 spiro atoms. The summed E-state index contributed by atoms with van der Waals surface area (Å²) >= 11 is 5.98. The highest BCUT2D eigenvalue weighted by Crippen LogP contribution is 2.22. The number of carboxylic acids is 1. The third-order valence-electron chi connectivity index (χ3n) is 4.91. The molecule has 0 aliphatic carbocycles. The molecule has 0 bridgehead atoms. The van der Waals surface area contributed by atoms with Crippen LogP contribution in [0.1, 0.15) is 36.6 Å². The predicted octanol–water partition coefficient (Wildman–Crippen LogP) is 3.66. The summed E-state index contributed by atoms with van der Waals surface area (Å²) in [6, 6.07) is 14.3. The molecule has 0 aliphatic heterocycles. The molecule has 29 heavy (non-hydrogen) atoms. The van der Waals surface area contributed by atoms with Gasteiger partial charge in [0.05, 0.1) is 23.5 Å². The molecular weight excluding hydrogens is 390 g/mol. The molecule has 2 aromatic carbocycles. The van der Waals surface area contributed by atoms with Gasteiger partial charge in [0.15, 0.2) is 0 Å². The zero-order chi connectivity index (χ0) is 20.8. The Bertz CT molecular complexity index is 1050. The number of nitrogens with zero attached hydrogens (tertiary/aromatic N) is 2. The van der Waals surface area contributed by atoms with Crippen LogP contribution in [-0.4, -0.2) is 34.4 Å². The maximum Gasteiger partial charge on any atom is 0.305 e. The first-order valence-electron chi connectivity index (χ1n) is 9.61. The second-order valence-electron chi connectivity index (χ2n) is 7.04. The average Bonchev–Trinajstić information content (AvgIpc) is 2.71. The molecular formula is C22H24ClN3O3. The van der Waals surface area contributed by atoms with Crippen LogP contribution < -0.4 is 10.9 Å². The second kappa shape index (κ2) is 9.67. The molecule has 2 N–H and O–H groups in total. The van der Waals surface area contributed by atoms with Crippen molar-refractivity contribution in [3.8, 4) is 0 Å². The highest BCUT2D eigenvalue weighted by atomic mass is 35.5. The average molecular weight is 414 g/mol. The Morgan fingerprint density at radius 1 is 1.17 bits per heavy atom. The molecule has 0 saturated carbocycles. The van der Waals surface area contributed by atoms with Crippen molar-refractivity contribution in [2.45, 2.75) is 31.7 Å². The quantitative estimate of drug-likeness (QED) is 0.523. The van der Waals surface area contributed by atoms with Crippen molar-refractivity contribution in [1.82, 2.24) is 15.1 Å². The van der Waals surface area contributed by atoms with E-state index in [1.54, 1.807) is 6.07 Å². The third kappa shape index (κ3) is 5.22. The fourth-order valence-corrected chi connectivity index (χ4v) is 3.60. The van der Waals surface area contributed by atoms with Crippen LogP contribution in [0.15, 0.2) is 53.3 Å². The Labute approximate surface area is 174 Å². The lowest BCUT2D eigenvalue weighted by atomic mass is 10.0. The molecule has 1 aromatic heterocycles. The summed E-state index contributed by atoms with van der Waals surface area (Å²) in [6.45, 7) is 0.746. The maximum absolute atomic E-state index is 13.1. The maximum atomic E-state index is 13.1. The van der Waals surface area contributed by atoms with Crippen LogP contribution in [0.4, 0.5) is 0 Å². The molecule has 3 aromatic rings. The van der Waals surface area contributed by atoms with E-state index >= 15 is 0 Å². The summed E-state index contributed by atoms with van der Waals surface area (Å²) in [6.07, 6.45) is 1.68. The number of aliphatic carboxylic acids is 1. The first-order valence-corrected chi connectivity index (χ1v) is 9.98. The molecule has 1 heterocycles. The Hall–Kier alpha value is -2.70. The van der Waals surface area contributed by atoms with Gasteiger partial charge in [0, 0.05) is 16.8 Å². The van der Waals surface area contributed by atoms with Crippen LogP contribution in [0.25, 0.3) is 10.8 Å². The van der Waals surface area contributed by atoms with Gasteiger partial charge < -0.3 is 10.4 Å². The molecule has 0 radical (unpaired) electrons. The minimum absolute atomic E-state index is 0.144. The molecule has 0 aliphatic rings. The van der Waals surface area contributed by atoms with Crippen molar-refractivity contribution in [3.05, 3.63) is 75.2 Å². The first kappa shape index (κ1) is 21.0. The number of carboxylic acid groups (broad SMARTS) is 1. The Balaban J connectivity index is 2.08. The summed E-state index contributed by atoms with van der Waals surface area (Å²) in [5.74, 6) is -0.944. The number of nitrogens with one attached hydrogen (secondary N) is 1. The molecule has 152 valence electrons. The number of fused-ring (bicyclic) bond motifs is 1. The Morgan fingerprint density at radius 3 is 2.52 bits per heavy atom. The van der Waals surface area contributed by atoms with Crippen molar-refractivity contribution >= 4 is 28.3 Å². The normalized spacial score (nSPS) is 12.2. The highest BCUT2D eigenvalue weighted by molar-refractivity contribution is 6.30. The summed E-state index contributed by atoms with van der Waals surface area (Å²) in [5, 5.41) is 19.0. The van der Waals surface area contributed by atoms with Crippen molar-refractivity contribution in [2.24, 2.45) is 0 Å².